The van der Waals surface area contributed by atoms with E-state index in [1.807, 2.05) is 0 Å². The molecule has 0 spiro atoms. The second-order valence-corrected chi connectivity index (χ2v) is 4.63. The topological polar surface area (TPSA) is 12.0 Å². The summed E-state index contributed by atoms with van der Waals surface area (Å²) in [5, 5.41) is 3.46. The summed E-state index contributed by atoms with van der Waals surface area (Å²) in [7, 11) is 0. The number of benzene rings is 1. The minimum absolute atomic E-state index is 0.860. The van der Waals surface area contributed by atoms with E-state index in [1.165, 1.54) is 28.7 Å². The maximum atomic E-state index is 3.51. The van der Waals surface area contributed by atoms with Crippen LogP contribution in [0.5, 0.6) is 0 Å². The van der Waals surface area contributed by atoms with Gasteiger partial charge in [-0.15, -0.1) is 0 Å². The second kappa shape index (κ2) is 2.25. The number of fused-ring (bicyclic) bond motifs is 3. The van der Waals surface area contributed by atoms with Crippen LogP contribution in [0, 0.1) is 5.92 Å². The number of rotatable bonds is 0. The van der Waals surface area contributed by atoms with E-state index in [9.17, 15) is 0 Å². The van der Waals surface area contributed by atoms with Crippen molar-refractivity contribution in [3.63, 3.8) is 0 Å². The van der Waals surface area contributed by atoms with E-state index in [-0.39, 0.29) is 0 Å². The van der Waals surface area contributed by atoms with Gasteiger partial charge in [-0.3, -0.25) is 0 Å². The van der Waals surface area contributed by atoms with E-state index < -0.39 is 0 Å². The minimum atomic E-state index is 0.860. The zero-order valence-electron chi connectivity index (χ0n) is 6.68. The molecular formula is C10H10BrN. The number of nitrogens with one attached hydrogen (secondary N) is 1. The fourth-order valence-corrected chi connectivity index (χ4v) is 2.48. The third-order valence-corrected chi connectivity index (χ3v) is 3.38. The van der Waals surface area contributed by atoms with Crippen LogP contribution in [0.3, 0.4) is 0 Å². The third kappa shape index (κ3) is 0.908. The monoisotopic (exact) mass is 223 g/mol. The van der Waals surface area contributed by atoms with Crippen molar-refractivity contribution in [3.8, 4) is 0 Å². The second-order valence-electron chi connectivity index (χ2n) is 3.71. The quantitative estimate of drug-likeness (QED) is 0.714. The third-order valence-electron chi connectivity index (χ3n) is 2.89. The van der Waals surface area contributed by atoms with Gasteiger partial charge in [0.25, 0.3) is 0 Å². The Labute approximate surface area is 80.3 Å². The molecule has 12 heavy (non-hydrogen) atoms. The lowest BCUT2D eigenvalue weighted by Crippen LogP contribution is -2.11. The minimum Gasteiger partial charge on any atom is -0.385 e. The van der Waals surface area contributed by atoms with E-state index in [4.69, 9.17) is 0 Å². The summed E-state index contributed by atoms with van der Waals surface area (Å²) >= 11 is 3.51. The molecule has 1 heterocycles. The van der Waals surface area contributed by atoms with Crippen molar-refractivity contribution in [2.75, 3.05) is 11.9 Å². The molecule has 1 aromatic rings. The van der Waals surface area contributed by atoms with E-state index >= 15 is 0 Å². The van der Waals surface area contributed by atoms with Gasteiger partial charge in [0, 0.05) is 16.7 Å². The van der Waals surface area contributed by atoms with Crippen LogP contribution in [-0.4, -0.2) is 6.54 Å². The maximum Gasteiger partial charge on any atom is 0.0376 e. The van der Waals surface area contributed by atoms with Gasteiger partial charge in [-0.05, 0) is 42.0 Å². The Bertz CT molecular complexity index is 335. The van der Waals surface area contributed by atoms with E-state index in [0.717, 1.165) is 11.8 Å². The normalized spacial score (nSPS) is 30.1. The van der Waals surface area contributed by atoms with Crippen molar-refractivity contribution in [2.45, 2.75) is 12.3 Å². The number of hydrogen-bond acceptors (Lipinski definition) is 1. The molecule has 1 aliphatic carbocycles. The van der Waals surface area contributed by atoms with Crippen LogP contribution >= 0.6 is 15.9 Å². The van der Waals surface area contributed by atoms with Gasteiger partial charge >= 0.3 is 0 Å². The Hall–Kier alpha value is -0.500. The van der Waals surface area contributed by atoms with Gasteiger partial charge in [-0.1, -0.05) is 15.9 Å². The standard InChI is InChI=1S/C10H10BrN/c11-7-1-2-10-9(4-7)8-3-6(8)5-12-10/h1-2,4,6,8,12H,3,5H2/t6-,8+/m0/s1. The van der Waals surface area contributed by atoms with Crippen molar-refractivity contribution in [3.05, 3.63) is 28.2 Å². The van der Waals surface area contributed by atoms with Gasteiger partial charge in [0.2, 0.25) is 0 Å². The molecule has 0 radical (unpaired) electrons. The predicted molar refractivity (Wildman–Crippen MR) is 53.5 cm³/mol. The van der Waals surface area contributed by atoms with E-state index in [1.54, 1.807) is 0 Å². The highest BCUT2D eigenvalue weighted by Crippen LogP contribution is 2.53. The van der Waals surface area contributed by atoms with Crippen LogP contribution in [0.25, 0.3) is 0 Å². The lowest BCUT2D eigenvalue weighted by Gasteiger charge is -2.17. The highest BCUT2D eigenvalue weighted by atomic mass is 79.9. The number of halogens is 1. The van der Waals surface area contributed by atoms with Gasteiger partial charge in [-0.2, -0.15) is 0 Å². The molecule has 1 nitrogen and oxygen atoms in total. The lowest BCUT2D eigenvalue weighted by molar-refractivity contribution is 0.816. The molecule has 62 valence electrons. The van der Waals surface area contributed by atoms with Gasteiger partial charge in [0.1, 0.15) is 0 Å². The lowest BCUT2D eigenvalue weighted by atomic mass is 10.0. The molecule has 1 fully saturated rings. The first-order valence-electron chi connectivity index (χ1n) is 4.38. The summed E-state index contributed by atoms with van der Waals surface area (Å²) in [4.78, 5) is 0. The van der Waals surface area contributed by atoms with Gasteiger partial charge in [-0.25, -0.2) is 0 Å². The predicted octanol–water partition coefficient (Wildman–Crippen LogP) is 2.98. The molecule has 3 rings (SSSR count). The molecule has 2 atom stereocenters. The summed E-state index contributed by atoms with van der Waals surface area (Å²) in [6.45, 7) is 1.18. The van der Waals surface area contributed by atoms with Crippen LogP contribution < -0.4 is 5.32 Å². The van der Waals surface area contributed by atoms with Gasteiger partial charge in [0.15, 0.2) is 0 Å². The van der Waals surface area contributed by atoms with Crippen molar-refractivity contribution < 1.29 is 0 Å². The van der Waals surface area contributed by atoms with E-state index in [0.29, 0.717) is 0 Å². The van der Waals surface area contributed by atoms with Crippen molar-refractivity contribution in [2.24, 2.45) is 5.92 Å². The summed E-state index contributed by atoms with van der Waals surface area (Å²) in [5.41, 5.74) is 2.86. The zero-order chi connectivity index (χ0) is 8.13. The van der Waals surface area contributed by atoms with Crippen LogP contribution in [0.1, 0.15) is 17.9 Å². The van der Waals surface area contributed by atoms with E-state index in [2.05, 4.69) is 39.4 Å². The summed E-state index contributed by atoms with van der Waals surface area (Å²) in [6.07, 6.45) is 1.39. The Morgan fingerprint density at radius 3 is 3.25 bits per heavy atom. The Morgan fingerprint density at radius 2 is 2.33 bits per heavy atom. The van der Waals surface area contributed by atoms with Gasteiger partial charge < -0.3 is 5.32 Å². The average molecular weight is 224 g/mol. The molecule has 1 N–H and O–H groups in total. The molecule has 0 saturated heterocycles. The molecule has 1 aliphatic heterocycles. The highest BCUT2D eigenvalue weighted by Gasteiger charge is 2.42. The molecule has 1 aromatic carbocycles. The molecule has 0 unspecified atom stereocenters. The fourth-order valence-electron chi connectivity index (χ4n) is 2.10. The van der Waals surface area contributed by atoms with Crippen LogP contribution in [0.2, 0.25) is 0 Å². The van der Waals surface area contributed by atoms with Crippen LogP contribution in [0.15, 0.2) is 22.7 Å². The average Bonchev–Trinajstić information content (AvgIpc) is 2.82. The molecule has 0 aromatic heterocycles. The van der Waals surface area contributed by atoms with Crippen molar-refractivity contribution >= 4 is 21.6 Å². The Morgan fingerprint density at radius 1 is 1.42 bits per heavy atom. The summed E-state index contributed by atoms with van der Waals surface area (Å²) in [5.74, 6) is 1.78. The SMILES string of the molecule is Brc1ccc2c(c1)[C@@H]1C[C@H]1CN2. The zero-order valence-corrected chi connectivity index (χ0v) is 8.26. The highest BCUT2D eigenvalue weighted by molar-refractivity contribution is 9.10. The molecule has 2 aliphatic rings. The molecule has 1 saturated carbocycles. The fraction of sp³-hybridized carbons (Fsp3) is 0.400. The maximum absolute atomic E-state index is 3.51. The first kappa shape index (κ1) is 6.96. The first-order chi connectivity index (χ1) is 5.84. The molecule has 0 bridgehead atoms. The summed E-state index contributed by atoms with van der Waals surface area (Å²) < 4.78 is 1.20. The van der Waals surface area contributed by atoms with Crippen molar-refractivity contribution in [1.29, 1.82) is 0 Å². The Kier molecular flexibility index (Phi) is 1.31. The largest absolute Gasteiger partial charge is 0.385 e. The van der Waals surface area contributed by atoms with Crippen molar-refractivity contribution in [1.82, 2.24) is 0 Å². The first-order valence-corrected chi connectivity index (χ1v) is 5.17. The molecular weight excluding hydrogens is 214 g/mol. The molecule has 2 heteroatoms. The smallest absolute Gasteiger partial charge is 0.0376 e. The number of hydrogen-bond donors (Lipinski definition) is 1. The number of anilines is 1. The van der Waals surface area contributed by atoms with Crippen LogP contribution in [-0.2, 0) is 0 Å². The molecule has 0 amide bonds. The summed E-state index contributed by atoms with van der Waals surface area (Å²) in [6, 6.07) is 6.54. The Balaban J connectivity index is 2.14. The van der Waals surface area contributed by atoms with Gasteiger partial charge in [0.05, 0.1) is 0 Å². The van der Waals surface area contributed by atoms with Crippen LogP contribution in [0.4, 0.5) is 5.69 Å².